The van der Waals surface area contributed by atoms with Gasteiger partial charge in [-0.15, -0.1) is 10.2 Å². The zero-order chi connectivity index (χ0) is 8.55. The van der Waals surface area contributed by atoms with E-state index in [-0.39, 0.29) is 0 Å². The first kappa shape index (κ1) is 7.42. The fraction of sp³-hybridized carbons (Fsp3) is 0. The molecule has 0 atom stereocenters. The summed E-state index contributed by atoms with van der Waals surface area (Å²) in [5.74, 6) is 0. The number of hydrogen-bond acceptors (Lipinski definition) is 3. The number of hydrogen-bond donors (Lipinski definition) is 0. The molecule has 0 aliphatic carbocycles. The fourth-order valence-electron chi connectivity index (χ4n) is 0.949. The summed E-state index contributed by atoms with van der Waals surface area (Å²) in [7, 11) is 0. The lowest BCUT2D eigenvalue weighted by Gasteiger charge is -1.93. The Hall–Kier alpha value is -1.23. The van der Waals surface area contributed by atoms with E-state index in [0.29, 0.717) is 15.9 Å². The van der Waals surface area contributed by atoms with Gasteiger partial charge in [0.2, 0.25) is 4.73 Å². The smallest absolute Gasteiger partial charge is 0.204 e. The first-order chi connectivity index (χ1) is 5.81. The minimum atomic E-state index is 0.598. The van der Waals surface area contributed by atoms with E-state index in [4.69, 9.17) is 0 Å². The molecule has 0 aliphatic heterocycles. The van der Waals surface area contributed by atoms with Crippen molar-refractivity contribution >= 4 is 27.9 Å². The van der Waals surface area contributed by atoms with E-state index < -0.39 is 0 Å². The zero-order valence-electron chi connectivity index (χ0n) is 5.94. The van der Waals surface area contributed by atoms with Gasteiger partial charge < -0.3 is 0 Å². The van der Waals surface area contributed by atoms with Gasteiger partial charge in [0.05, 0.1) is 0 Å². The molecule has 0 fully saturated rings. The SMILES string of the molecule is O=Cc1ccc2nnc(Br)n2c1. The van der Waals surface area contributed by atoms with Gasteiger partial charge in [-0.05, 0) is 28.1 Å². The molecule has 4 nitrogen and oxygen atoms in total. The third kappa shape index (κ3) is 1.02. The maximum absolute atomic E-state index is 10.4. The number of carbonyl (C=O) groups is 1. The first-order valence-corrected chi connectivity index (χ1v) is 4.06. The van der Waals surface area contributed by atoms with E-state index in [1.807, 2.05) is 0 Å². The third-order valence-electron chi connectivity index (χ3n) is 1.52. The summed E-state index contributed by atoms with van der Waals surface area (Å²) >= 11 is 3.20. The van der Waals surface area contributed by atoms with Gasteiger partial charge in [-0.25, -0.2) is 0 Å². The molecule has 0 amide bonds. The maximum atomic E-state index is 10.4. The summed E-state index contributed by atoms with van der Waals surface area (Å²) in [6.45, 7) is 0. The van der Waals surface area contributed by atoms with Gasteiger partial charge in [-0.1, -0.05) is 0 Å². The Kier molecular flexibility index (Phi) is 1.65. The van der Waals surface area contributed by atoms with Crippen LogP contribution in [0.1, 0.15) is 10.4 Å². The summed E-state index contributed by atoms with van der Waals surface area (Å²) in [5, 5.41) is 7.63. The average Bonchev–Trinajstić information content (AvgIpc) is 2.47. The lowest BCUT2D eigenvalue weighted by molar-refractivity contribution is 0.112. The Balaban J connectivity index is 2.79. The van der Waals surface area contributed by atoms with Crippen molar-refractivity contribution in [3.8, 4) is 0 Å². The molecule has 0 saturated heterocycles. The molecule has 0 bridgehead atoms. The second-order valence-corrected chi connectivity index (χ2v) is 2.99. The molecule has 0 spiro atoms. The van der Waals surface area contributed by atoms with Gasteiger partial charge in [0.15, 0.2) is 11.9 Å². The highest BCUT2D eigenvalue weighted by molar-refractivity contribution is 9.10. The van der Waals surface area contributed by atoms with Crippen LogP contribution in [0.15, 0.2) is 23.1 Å². The highest BCUT2D eigenvalue weighted by atomic mass is 79.9. The Morgan fingerprint density at radius 2 is 2.25 bits per heavy atom. The van der Waals surface area contributed by atoms with Crippen LogP contribution in [0, 0.1) is 0 Å². The molecule has 60 valence electrons. The van der Waals surface area contributed by atoms with E-state index in [9.17, 15) is 4.79 Å². The van der Waals surface area contributed by atoms with Crippen LogP contribution in [0.3, 0.4) is 0 Å². The van der Waals surface area contributed by atoms with Crippen LogP contribution in [0.25, 0.3) is 5.65 Å². The average molecular weight is 226 g/mol. The summed E-state index contributed by atoms with van der Waals surface area (Å²) in [5.41, 5.74) is 1.32. The normalized spacial score (nSPS) is 10.4. The molecular weight excluding hydrogens is 222 g/mol. The second-order valence-electron chi connectivity index (χ2n) is 2.28. The minimum absolute atomic E-state index is 0.598. The quantitative estimate of drug-likeness (QED) is 0.688. The van der Waals surface area contributed by atoms with E-state index in [0.717, 1.165) is 6.29 Å². The number of rotatable bonds is 1. The number of aromatic nitrogens is 3. The van der Waals surface area contributed by atoms with Crippen molar-refractivity contribution in [3.63, 3.8) is 0 Å². The first-order valence-electron chi connectivity index (χ1n) is 3.27. The Bertz CT molecular complexity index is 437. The summed E-state index contributed by atoms with van der Waals surface area (Å²) < 4.78 is 2.30. The number of nitrogens with zero attached hydrogens (tertiary/aromatic N) is 3. The van der Waals surface area contributed by atoms with Crippen LogP contribution < -0.4 is 0 Å². The predicted molar refractivity (Wildman–Crippen MR) is 46.1 cm³/mol. The van der Waals surface area contributed by atoms with Crippen molar-refractivity contribution in [1.29, 1.82) is 0 Å². The molecule has 0 radical (unpaired) electrons. The fourth-order valence-corrected chi connectivity index (χ4v) is 1.31. The highest BCUT2D eigenvalue weighted by Gasteiger charge is 2.01. The molecule has 2 heterocycles. The zero-order valence-corrected chi connectivity index (χ0v) is 7.52. The lowest BCUT2D eigenvalue weighted by atomic mass is 10.3. The molecule has 2 aromatic rings. The van der Waals surface area contributed by atoms with Crippen LogP contribution in [0.4, 0.5) is 0 Å². The predicted octanol–water partition coefficient (Wildman–Crippen LogP) is 1.30. The molecule has 2 aromatic heterocycles. The van der Waals surface area contributed by atoms with Gasteiger partial charge in [0, 0.05) is 11.8 Å². The van der Waals surface area contributed by atoms with E-state index >= 15 is 0 Å². The van der Waals surface area contributed by atoms with Crippen LogP contribution in [-0.4, -0.2) is 20.9 Å². The lowest BCUT2D eigenvalue weighted by Crippen LogP contribution is -1.88. The van der Waals surface area contributed by atoms with Crippen molar-refractivity contribution in [2.75, 3.05) is 0 Å². The Morgan fingerprint density at radius 1 is 1.42 bits per heavy atom. The van der Waals surface area contributed by atoms with Gasteiger partial charge in [0.1, 0.15) is 0 Å². The molecule has 0 aromatic carbocycles. The van der Waals surface area contributed by atoms with Crippen molar-refractivity contribution in [2.24, 2.45) is 0 Å². The number of halogens is 1. The summed E-state index contributed by atoms with van der Waals surface area (Å²) in [6, 6.07) is 3.44. The van der Waals surface area contributed by atoms with Gasteiger partial charge in [-0.3, -0.25) is 9.20 Å². The molecule has 2 rings (SSSR count). The number of carbonyl (C=O) groups excluding carboxylic acids is 1. The number of fused-ring (bicyclic) bond motifs is 1. The summed E-state index contributed by atoms with van der Waals surface area (Å²) in [6.07, 6.45) is 2.46. The highest BCUT2D eigenvalue weighted by Crippen LogP contribution is 2.09. The molecule has 5 heteroatoms. The van der Waals surface area contributed by atoms with Gasteiger partial charge in [-0.2, -0.15) is 0 Å². The van der Waals surface area contributed by atoms with Crippen molar-refractivity contribution < 1.29 is 4.79 Å². The Morgan fingerprint density at radius 3 is 3.00 bits per heavy atom. The van der Waals surface area contributed by atoms with Crippen molar-refractivity contribution in [2.45, 2.75) is 0 Å². The molecule has 0 aliphatic rings. The second kappa shape index (κ2) is 2.67. The topological polar surface area (TPSA) is 47.3 Å². The van der Waals surface area contributed by atoms with Crippen LogP contribution >= 0.6 is 15.9 Å². The van der Waals surface area contributed by atoms with Crippen LogP contribution in [0.5, 0.6) is 0 Å². The molecule has 0 saturated carbocycles. The van der Waals surface area contributed by atoms with E-state index in [1.165, 1.54) is 0 Å². The number of aldehydes is 1. The van der Waals surface area contributed by atoms with E-state index in [1.54, 1.807) is 22.7 Å². The summed E-state index contributed by atoms with van der Waals surface area (Å²) in [4.78, 5) is 10.4. The van der Waals surface area contributed by atoms with Gasteiger partial charge >= 0.3 is 0 Å². The van der Waals surface area contributed by atoms with Crippen molar-refractivity contribution in [1.82, 2.24) is 14.6 Å². The molecular formula is C7H4BrN3O. The number of pyridine rings is 1. The largest absolute Gasteiger partial charge is 0.298 e. The van der Waals surface area contributed by atoms with E-state index in [2.05, 4.69) is 26.1 Å². The van der Waals surface area contributed by atoms with Crippen LogP contribution in [-0.2, 0) is 0 Å². The van der Waals surface area contributed by atoms with Gasteiger partial charge in [0.25, 0.3) is 0 Å². The third-order valence-corrected chi connectivity index (χ3v) is 2.06. The molecule has 0 unspecified atom stereocenters. The standard InChI is InChI=1S/C7H4BrN3O/c8-7-10-9-6-2-1-5(4-12)3-11(6)7/h1-4H. The maximum Gasteiger partial charge on any atom is 0.204 e. The minimum Gasteiger partial charge on any atom is -0.298 e. The van der Waals surface area contributed by atoms with Crippen molar-refractivity contribution in [3.05, 3.63) is 28.6 Å². The molecule has 12 heavy (non-hydrogen) atoms. The monoisotopic (exact) mass is 225 g/mol. The Labute approximate surface area is 76.4 Å². The van der Waals surface area contributed by atoms with Crippen LogP contribution in [0.2, 0.25) is 0 Å². The molecule has 0 N–H and O–H groups in total.